The average molecular weight is 322 g/mol. The number of nitrogens with two attached hydrogens (primary N) is 1. The highest BCUT2D eigenvalue weighted by molar-refractivity contribution is 5.80. The molecule has 2 aromatic carbocycles. The molecular formula is C21H26N2O. The summed E-state index contributed by atoms with van der Waals surface area (Å²) < 4.78 is 5.34. The summed E-state index contributed by atoms with van der Waals surface area (Å²) in [6.07, 6.45) is 2.06. The van der Waals surface area contributed by atoms with E-state index in [-0.39, 0.29) is 0 Å². The average Bonchev–Trinajstić information content (AvgIpc) is 2.96. The first-order valence-electron chi connectivity index (χ1n) is 8.57. The number of ether oxygens (including phenoxy) is 1. The molecule has 0 amide bonds. The molecule has 1 unspecified atom stereocenters. The van der Waals surface area contributed by atoms with Gasteiger partial charge in [0.1, 0.15) is 0 Å². The van der Waals surface area contributed by atoms with Gasteiger partial charge >= 0.3 is 0 Å². The minimum Gasteiger partial charge on any atom is -0.398 e. The highest BCUT2D eigenvalue weighted by atomic mass is 16.5. The first kappa shape index (κ1) is 16.6. The fourth-order valence-electron chi connectivity index (χ4n) is 3.40. The molecule has 2 aromatic rings. The van der Waals surface area contributed by atoms with Crippen molar-refractivity contribution in [1.82, 2.24) is 5.32 Å². The van der Waals surface area contributed by atoms with Gasteiger partial charge in [0, 0.05) is 36.5 Å². The lowest BCUT2D eigenvalue weighted by Gasteiger charge is -2.15. The molecule has 0 saturated heterocycles. The predicted octanol–water partition coefficient (Wildman–Crippen LogP) is 3.65. The molecule has 0 radical (unpaired) electrons. The summed E-state index contributed by atoms with van der Waals surface area (Å²) in [5, 5.41) is 3.46. The van der Waals surface area contributed by atoms with Crippen molar-refractivity contribution in [3.63, 3.8) is 0 Å². The number of anilines is 1. The van der Waals surface area contributed by atoms with Crippen LogP contribution < -0.4 is 11.1 Å². The third-order valence-corrected chi connectivity index (χ3v) is 4.68. The largest absolute Gasteiger partial charge is 0.398 e. The summed E-state index contributed by atoms with van der Waals surface area (Å²) in [7, 11) is 1.73. The van der Waals surface area contributed by atoms with E-state index in [9.17, 15) is 0 Å². The standard InChI is InChI=1S/C21H26N2O/c1-15-13-23-20(14-24-2)21(15)18-12-17(10-11-19(18)22)9-8-16-6-4-3-5-7-16/h3-7,10-12,15,23H,8-9,13-14,22H2,1-2H3. The normalized spacial score (nSPS) is 17.2. The minimum atomic E-state index is 0.446. The highest BCUT2D eigenvalue weighted by Crippen LogP contribution is 2.34. The Bertz CT molecular complexity index is 722. The van der Waals surface area contributed by atoms with E-state index in [1.54, 1.807) is 7.11 Å². The Morgan fingerprint density at radius 2 is 1.83 bits per heavy atom. The minimum absolute atomic E-state index is 0.446. The molecule has 126 valence electrons. The zero-order chi connectivity index (χ0) is 16.9. The van der Waals surface area contributed by atoms with Crippen LogP contribution in [0, 0.1) is 5.92 Å². The van der Waals surface area contributed by atoms with Crippen LogP contribution in [0.15, 0.2) is 54.2 Å². The Balaban J connectivity index is 1.85. The van der Waals surface area contributed by atoms with Gasteiger partial charge in [-0.2, -0.15) is 0 Å². The fraction of sp³-hybridized carbons (Fsp3) is 0.333. The quantitative estimate of drug-likeness (QED) is 0.798. The van der Waals surface area contributed by atoms with E-state index >= 15 is 0 Å². The van der Waals surface area contributed by atoms with Crippen LogP contribution in [0.4, 0.5) is 5.69 Å². The number of rotatable bonds is 6. The van der Waals surface area contributed by atoms with Crippen LogP contribution in [0.3, 0.4) is 0 Å². The molecule has 1 atom stereocenters. The van der Waals surface area contributed by atoms with E-state index < -0.39 is 0 Å². The fourth-order valence-corrected chi connectivity index (χ4v) is 3.40. The van der Waals surface area contributed by atoms with Crippen molar-refractivity contribution >= 4 is 11.3 Å². The van der Waals surface area contributed by atoms with Crippen LogP contribution >= 0.6 is 0 Å². The summed E-state index contributed by atoms with van der Waals surface area (Å²) in [6, 6.07) is 17.1. The summed E-state index contributed by atoms with van der Waals surface area (Å²) in [6.45, 7) is 3.79. The smallest absolute Gasteiger partial charge is 0.0861 e. The molecule has 0 fully saturated rings. The van der Waals surface area contributed by atoms with Crippen LogP contribution in [0.2, 0.25) is 0 Å². The van der Waals surface area contributed by atoms with Crippen LogP contribution in [0.5, 0.6) is 0 Å². The molecule has 0 aliphatic carbocycles. The van der Waals surface area contributed by atoms with Crippen LogP contribution in [0.25, 0.3) is 5.57 Å². The van der Waals surface area contributed by atoms with Gasteiger partial charge in [0.25, 0.3) is 0 Å². The number of aryl methyl sites for hydroxylation is 2. The van der Waals surface area contributed by atoms with Gasteiger partial charge in [0.15, 0.2) is 0 Å². The lowest BCUT2D eigenvalue weighted by Crippen LogP contribution is -2.13. The zero-order valence-corrected chi connectivity index (χ0v) is 14.5. The second-order valence-electron chi connectivity index (χ2n) is 6.51. The molecule has 3 rings (SSSR count). The SMILES string of the molecule is COCC1=C(c2cc(CCc3ccccc3)ccc2N)C(C)CN1. The van der Waals surface area contributed by atoms with Gasteiger partial charge in [-0.25, -0.2) is 0 Å². The molecule has 0 bridgehead atoms. The molecule has 24 heavy (non-hydrogen) atoms. The molecule has 3 heteroatoms. The van der Waals surface area contributed by atoms with Crippen LogP contribution in [-0.4, -0.2) is 20.3 Å². The molecular weight excluding hydrogens is 296 g/mol. The summed E-state index contributed by atoms with van der Waals surface area (Å²) in [5.41, 5.74) is 13.5. The molecule has 3 N–H and O–H groups in total. The molecule has 0 saturated carbocycles. The third-order valence-electron chi connectivity index (χ3n) is 4.68. The number of hydrogen-bond acceptors (Lipinski definition) is 3. The first-order valence-corrected chi connectivity index (χ1v) is 8.57. The Hall–Kier alpha value is -2.26. The number of hydrogen-bond donors (Lipinski definition) is 2. The molecule has 0 aromatic heterocycles. The van der Waals surface area contributed by atoms with Crippen LogP contribution in [0.1, 0.15) is 23.6 Å². The van der Waals surface area contributed by atoms with Gasteiger partial charge < -0.3 is 15.8 Å². The van der Waals surface area contributed by atoms with Crippen LogP contribution in [-0.2, 0) is 17.6 Å². The molecule has 3 nitrogen and oxygen atoms in total. The monoisotopic (exact) mass is 322 g/mol. The van der Waals surface area contributed by atoms with Crippen molar-refractivity contribution in [2.75, 3.05) is 26.0 Å². The number of methoxy groups -OCH3 is 1. The van der Waals surface area contributed by atoms with Crippen molar-refractivity contribution in [1.29, 1.82) is 0 Å². The number of nitrogen functional groups attached to an aromatic ring is 1. The van der Waals surface area contributed by atoms with E-state index in [4.69, 9.17) is 10.5 Å². The van der Waals surface area contributed by atoms with Gasteiger partial charge in [-0.05, 0) is 41.7 Å². The first-order chi connectivity index (χ1) is 11.7. The van der Waals surface area contributed by atoms with E-state index in [0.717, 1.165) is 36.3 Å². The van der Waals surface area contributed by atoms with Crippen molar-refractivity contribution in [2.45, 2.75) is 19.8 Å². The number of nitrogens with one attached hydrogen (secondary N) is 1. The Morgan fingerprint density at radius 3 is 2.58 bits per heavy atom. The van der Waals surface area contributed by atoms with Crippen molar-refractivity contribution in [3.05, 3.63) is 70.9 Å². The van der Waals surface area contributed by atoms with E-state index in [1.807, 2.05) is 6.07 Å². The topological polar surface area (TPSA) is 47.3 Å². The molecule has 1 aliphatic rings. The second kappa shape index (κ2) is 7.54. The maximum Gasteiger partial charge on any atom is 0.0861 e. The third kappa shape index (κ3) is 3.62. The summed E-state index contributed by atoms with van der Waals surface area (Å²) in [4.78, 5) is 0. The van der Waals surface area contributed by atoms with Gasteiger partial charge in [0.2, 0.25) is 0 Å². The van der Waals surface area contributed by atoms with Gasteiger partial charge in [0.05, 0.1) is 6.61 Å². The Morgan fingerprint density at radius 1 is 1.08 bits per heavy atom. The van der Waals surface area contributed by atoms with Crippen molar-refractivity contribution in [2.24, 2.45) is 5.92 Å². The Labute approximate surface area is 144 Å². The maximum atomic E-state index is 6.29. The Kier molecular flexibility index (Phi) is 5.21. The van der Waals surface area contributed by atoms with Gasteiger partial charge in [-0.1, -0.05) is 43.3 Å². The maximum absolute atomic E-state index is 6.29. The van der Waals surface area contributed by atoms with E-state index in [0.29, 0.717) is 12.5 Å². The van der Waals surface area contributed by atoms with Crippen molar-refractivity contribution < 1.29 is 4.74 Å². The van der Waals surface area contributed by atoms with E-state index in [2.05, 4.69) is 54.7 Å². The summed E-state index contributed by atoms with van der Waals surface area (Å²) >= 11 is 0. The van der Waals surface area contributed by atoms with Gasteiger partial charge in [-0.3, -0.25) is 0 Å². The lowest BCUT2D eigenvalue weighted by atomic mass is 9.91. The van der Waals surface area contributed by atoms with Crippen molar-refractivity contribution in [3.8, 4) is 0 Å². The predicted molar refractivity (Wildman–Crippen MR) is 101 cm³/mol. The molecule has 0 spiro atoms. The zero-order valence-electron chi connectivity index (χ0n) is 14.5. The van der Waals surface area contributed by atoms with E-state index in [1.165, 1.54) is 16.7 Å². The number of benzene rings is 2. The van der Waals surface area contributed by atoms with Gasteiger partial charge in [-0.15, -0.1) is 0 Å². The summed E-state index contributed by atoms with van der Waals surface area (Å²) in [5.74, 6) is 0.446. The molecule has 1 aliphatic heterocycles. The highest BCUT2D eigenvalue weighted by Gasteiger charge is 2.24. The lowest BCUT2D eigenvalue weighted by molar-refractivity contribution is 0.222. The second-order valence-corrected chi connectivity index (χ2v) is 6.51. The molecule has 1 heterocycles.